The lowest BCUT2D eigenvalue weighted by atomic mass is 10.1. The summed E-state index contributed by atoms with van der Waals surface area (Å²) in [5.41, 5.74) is 3.89. The molecule has 2 heterocycles. The summed E-state index contributed by atoms with van der Waals surface area (Å²) < 4.78 is 14.0. The van der Waals surface area contributed by atoms with E-state index >= 15 is 0 Å². The summed E-state index contributed by atoms with van der Waals surface area (Å²) in [7, 11) is 0. The third-order valence-corrected chi connectivity index (χ3v) is 5.87. The fraction of sp³-hybridized carbons (Fsp3) is 0.375. The summed E-state index contributed by atoms with van der Waals surface area (Å²) in [6.45, 7) is 12.4. The fourth-order valence-electron chi connectivity index (χ4n) is 3.95. The summed E-state index contributed by atoms with van der Waals surface area (Å²) in [5.74, 6) is 0. The zero-order valence-electron chi connectivity index (χ0n) is 25.3. The Labute approximate surface area is 248 Å². The molecule has 0 saturated heterocycles. The normalized spacial score (nSPS) is 10.7. The van der Waals surface area contributed by atoms with Crippen molar-refractivity contribution in [2.45, 2.75) is 66.6 Å². The van der Waals surface area contributed by atoms with Gasteiger partial charge in [0, 0.05) is 25.0 Å². The summed E-state index contributed by atoms with van der Waals surface area (Å²) in [6, 6.07) is 20.3. The Hall–Kier alpha value is -4.60. The number of amides is 2. The van der Waals surface area contributed by atoms with E-state index in [1.807, 2.05) is 102 Å². The van der Waals surface area contributed by atoms with Crippen LogP contribution >= 0.6 is 0 Å². The van der Waals surface area contributed by atoms with E-state index in [0.29, 0.717) is 25.1 Å². The minimum atomic E-state index is -0.220. The van der Waals surface area contributed by atoms with Crippen LogP contribution in [-0.4, -0.2) is 56.5 Å². The van der Waals surface area contributed by atoms with Crippen LogP contribution in [-0.2, 0) is 12.8 Å². The smallest absolute Gasteiger partial charge is 0.329 e. The topological polar surface area (TPSA) is 112 Å². The first-order valence-electron chi connectivity index (χ1n) is 14.2. The summed E-state index contributed by atoms with van der Waals surface area (Å²) in [5, 5.41) is 5.77. The lowest BCUT2D eigenvalue weighted by molar-refractivity contribution is 0.205. The van der Waals surface area contributed by atoms with Gasteiger partial charge in [0.2, 0.25) is 0 Å². The molecule has 4 rings (SSSR count). The third-order valence-electron chi connectivity index (χ3n) is 5.87. The maximum atomic E-state index is 12.3. The minimum absolute atomic E-state index is 0.0253. The van der Waals surface area contributed by atoms with Gasteiger partial charge in [-0.05, 0) is 65.5 Å². The van der Waals surface area contributed by atoms with Crippen LogP contribution in [0.5, 0.6) is 12.0 Å². The van der Waals surface area contributed by atoms with Crippen LogP contribution in [0.25, 0.3) is 0 Å². The molecule has 0 spiro atoms. The third kappa shape index (κ3) is 10.1. The second kappa shape index (κ2) is 16.0. The molecular formula is C32H42N6O4. The van der Waals surface area contributed by atoms with E-state index < -0.39 is 0 Å². The minimum Gasteiger partial charge on any atom is -0.462 e. The monoisotopic (exact) mass is 574 g/mol. The number of hydrogen-bond acceptors (Lipinski definition) is 6. The first-order valence-corrected chi connectivity index (χ1v) is 14.2. The van der Waals surface area contributed by atoms with E-state index in [-0.39, 0.29) is 24.3 Å². The van der Waals surface area contributed by atoms with Crippen LogP contribution in [0.4, 0.5) is 9.59 Å². The number of carbonyl (C=O) groups is 2. The van der Waals surface area contributed by atoms with Gasteiger partial charge in [-0.25, -0.2) is 28.7 Å². The number of aromatic nitrogens is 4. The van der Waals surface area contributed by atoms with Crippen molar-refractivity contribution in [3.8, 4) is 12.0 Å². The standard InChI is InChI=1S/2C16H21N3O2/c1-12(2)21-16-18-13(3)11-19(16)15(20)17-10-9-14-7-5-4-6-8-14;1-12(2)21-16-18-11-13(3)19(16)15(20)17-10-9-14-7-5-4-6-8-14/h2*4-8,11-12H,9-10H2,1-3H3,(H,17,20). The summed E-state index contributed by atoms with van der Waals surface area (Å²) >= 11 is 0. The Morgan fingerprint density at radius 2 is 1.26 bits per heavy atom. The highest BCUT2D eigenvalue weighted by Crippen LogP contribution is 2.14. The number of nitrogens with zero attached hydrogens (tertiary/aromatic N) is 4. The molecule has 224 valence electrons. The van der Waals surface area contributed by atoms with Crippen molar-refractivity contribution in [3.05, 3.63) is 95.6 Å². The van der Waals surface area contributed by atoms with Gasteiger partial charge in [-0.2, -0.15) is 0 Å². The van der Waals surface area contributed by atoms with E-state index in [9.17, 15) is 9.59 Å². The molecule has 0 saturated carbocycles. The van der Waals surface area contributed by atoms with Crippen LogP contribution in [0.1, 0.15) is 50.2 Å². The van der Waals surface area contributed by atoms with Crippen molar-refractivity contribution < 1.29 is 19.1 Å². The molecule has 4 aromatic rings. The zero-order valence-corrected chi connectivity index (χ0v) is 25.3. The average molecular weight is 575 g/mol. The molecule has 0 aliphatic heterocycles. The van der Waals surface area contributed by atoms with Crippen LogP contribution in [0.2, 0.25) is 0 Å². The predicted molar refractivity (Wildman–Crippen MR) is 163 cm³/mol. The van der Waals surface area contributed by atoms with E-state index in [1.165, 1.54) is 20.3 Å². The molecule has 2 aromatic heterocycles. The fourth-order valence-corrected chi connectivity index (χ4v) is 3.95. The number of nitrogens with one attached hydrogen (secondary N) is 2. The second-order valence-electron chi connectivity index (χ2n) is 10.3. The van der Waals surface area contributed by atoms with Crippen molar-refractivity contribution in [1.82, 2.24) is 29.7 Å². The molecule has 2 N–H and O–H groups in total. The van der Waals surface area contributed by atoms with Crippen molar-refractivity contribution in [2.75, 3.05) is 13.1 Å². The van der Waals surface area contributed by atoms with Crippen molar-refractivity contribution >= 4 is 12.1 Å². The molecule has 0 bridgehead atoms. The Bertz CT molecular complexity index is 1390. The van der Waals surface area contributed by atoms with Gasteiger partial charge in [-0.15, -0.1) is 0 Å². The largest absolute Gasteiger partial charge is 0.462 e. The molecule has 0 aliphatic carbocycles. The molecule has 0 fully saturated rings. The Morgan fingerprint density at radius 1 is 0.762 bits per heavy atom. The number of rotatable bonds is 10. The van der Waals surface area contributed by atoms with Gasteiger partial charge in [0.05, 0.1) is 24.1 Å². The highest BCUT2D eigenvalue weighted by molar-refractivity contribution is 5.79. The molecule has 42 heavy (non-hydrogen) atoms. The van der Waals surface area contributed by atoms with Crippen LogP contribution < -0.4 is 20.1 Å². The average Bonchev–Trinajstić information content (AvgIpc) is 3.50. The predicted octanol–water partition coefficient (Wildman–Crippen LogP) is 5.56. The van der Waals surface area contributed by atoms with E-state index in [1.54, 1.807) is 12.4 Å². The maximum absolute atomic E-state index is 12.3. The Kier molecular flexibility index (Phi) is 12.2. The number of aryl methyl sites for hydroxylation is 2. The number of hydrogen-bond donors (Lipinski definition) is 2. The van der Waals surface area contributed by atoms with Gasteiger partial charge >= 0.3 is 24.1 Å². The van der Waals surface area contributed by atoms with E-state index in [0.717, 1.165) is 24.2 Å². The molecular weight excluding hydrogens is 532 g/mol. The van der Waals surface area contributed by atoms with Gasteiger partial charge in [0.25, 0.3) is 0 Å². The van der Waals surface area contributed by atoms with Crippen LogP contribution in [0.15, 0.2) is 73.1 Å². The van der Waals surface area contributed by atoms with Crippen LogP contribution in [0.3, 0.4) is 0 Å². The van der Waals surface area contributed by atoms with Gasteiger partial charge in [0.15, 0.2) is 0 Å². The van der Waals surface area contributed by atoms with Crippen molar-refractivity contribution in [1.29, 1.82) is 0 Å². The maximum Gasteiger partial charge on any atom is 0.329 e. The molecule has 0 atom stereocenters. The summed E-state index contributed by atoms with van der Waals surface area (Å²) in [4.78, 5) is 32.8. The van der Waals surface area contributed by atoms with Gasteiger partial charge in [-0.1, -0.05) is 60.7 Å². The lowest BCUT2D eigenvalue weighted by Gasteiger charge is -2.12. The first-order chi connectivity index (χ1) is 20.1. The molecule has 0 radical (unpaired) electrons. The molecule has 0 aliphatic rings. The van der Waals surface area contributed by atoms with Gasteiger partial charge in [-0.3, -0.25) is 0 Å². The van der Waals surface area contributed by atoms with E-state index in [4.69, 9.17) is 9.47 Å². The number of ether oxygens (including phenoxy) is 2. The lowest BCUT2D eigenvalue weighted by Crippen LogP contribution is -2.31. The SMILES string of the molecule is Cc1cn(C(=O)NCCc2ccccc2)c(OC(C)C)n1.Cc1cnc(OC(C)C)n1C(=O)NCCc1ccccc1. The quantitative estimate of drug-likeness (QED) is 0.257. The van der Waals surface area contributed by atoms with E-state index in [2.05, 4.69) is 20.6 Å². The molecule has 0 unspecified atom stereocenters. The van der Waals surface area contributed by atoms with Gasteiger partial charge < -0.3 is 20.1 Å². The molecule has 10 heteroatoms. The Balaban J connectivity index is 0.000000230. The highest BCUT2D eigenvalue weighted by Gasteiger charge is 2.16. The molecule has 2 amide bonds. The van der Waals surface area contributed by atoms with Crippen molar-refractivity contribution in [3.63, 3.8) is 0 Å². The first kappa shape index (κ1) is 31.9. The Morgan fingerprint density at radius 3 is 1.79 bits per heavy atom. The number of imidazole rings is 2. The zero-order chi connectivity index (χ0) is 30.5. The van der Waals surface area contributed by atoms with Crippen molar-refractivity contribution in [2.24, 2.45) is 0 Å². The summed E-state index contributed by atoms with van der Waals surface area (Å²) in [6.07, 6.45) is 4.84. The van der Waals surface area contributed by atoms with Gasteiger partial charge in [0.1, 0.15) is 0 Å². The second-order valence-corrected chi connectivity index (χ2v) is 10.3. The highest BCUT2D eigenvalue weighted by atomic mass is 16.5. The molecule has 10 nitrogen and oxygen atoms in total. The van der Waals surface area contributed by atoms with Crippen LogP contribution in [0, 0.1) is 13.8 Å². The number of carbonyl (C=O) groups excluding carboxylic acids is 2. The number of benzene rings is 2. The molecule has 2 aromatic carbocycles.